The van der Waals surface area contributed by atoms with Gasteiger partial charge in [0.05, 0.1) is 7.11 Å². The van der Waals surface area contributed by atoms with Crippen LogP contribution < -0.4 is 14.8 Å². The number of para-hydroxylation sites is 1. The van der Waals surface area contributed by atoms with Crippen LogP contribution >= 0.6 is 0 Å². The van der Waals surface area contributed by atoms with Crippen molar-refractivity contribution in [3.8, 4) is 11.5 Å². The summed E-state index contributed by atoms with van der Waals surface area (Å²) in [7, 11) is 3.55. The maximum Gasteiger partial charge on any atom is 0.170 e. The average Bonchev–Trinajstić information content (AvgIpc) is 3.25. The SMILES string of the molecule is COc1cccc(CNC2CC2)c1OCc1nncn1C. The van der Waals surface area contributed by atoms with Gasteiger partial charge in [0.1, 0.15) is 12.9 Å². The van der Waals surface area contributed by atoms with Crippen LogP contribution in [-0.4, -0.2) is 27.9 Å². The first kappa shape index (κ1) is 13.9. The van der Waals surface area contributed by atoms with Crippen LogP contribution in [0.25, 0.3) is 0 Å². The Hall–Kier alpha value is -2.08. The minimum atomic E-state index is 0.368. The highest BCUT2D eigenvalue weighted by Crippen LogP contribution is 2.32. The third kappa shape index (κ3) is 3.33. The lowest BCUT2D eigenvalue weighted by atomic mass is 10.2. The Morgan fingerprint density at radius 3 is 2.90 bits per heavy atom. The summed E-state index contributed by atoms with van der Waals surface area (Å²) in [5.41, 5.74) is 1.10. The average molecular weight is 288 g/mol. The largest absolute Gasteiger partial charge is 0.493 e. The summed E-state index contributed by atoms with van der Waals surface area (Å²) in [4.78, 5) is 0. The maximum atomic E-state index is 5.95. The van der Waals surface area contributed by atoms with Crippen molar-refractivity contribution in [1.29, 1.82) is 0 Å². The van der Waals surface area contributed by atoms with E-state index in [1.54, 1.807) is 13.4 Å². The highest BCUT2D eigenvalue weighted by molar-refractivity contribution is 5.46. The molecule has 1 aliphatic rings. The summed E-state index contributed by atoms with van der Waals surface area (Å²) >= 11 is 0. The van der Waals surface area contributed by atoms with E-state index in [-0.39, 0.29) is 0 Å². The van der Waals surface area contributed by atoms with Gasteiger partial charge in [0.2, 0.25) is 0 Å². The third-order valence-corrected chi connectivity index (χ3v) is 3.59. The molecule has 0 bridgehead atoms. The van der Waals surface area contributed by atoms with E-state index in [2.05, 4.69) is 21.6 Å². The lowest BCUT2D eigenvalue weighted by Crippen LogP contribution is -2.16. The molecule has 2 aromatic rings. The summed E-state index contributed by atoms with van der Waals surface area (Å²) in [5.74, 6) is 2.30. The van der Waals surface area contributed by atoms with Gasteiger partial charge in [-0.25, -0.2) is 0 Å². The molecule has 1 N–H and O–H groups in total. The molecule has 1 fully saturated rings. The minimum Gasteiger partial charge on any atom is -0.493 e. The predicted molar refractivity (Wildman–Crippen MR) is 78.2 cm³/mol. The van der Waals surface area contributed by atoms with Gasteiger partial charge >= 0.3 is 0 Å². The van der Waals surface area contributed by atoms with Gasteiger partial charge in [0.25, 0.3) is 0 Å². The van der Waals surface area contributed by atoms with Crippen LogP contribution in [0.5, 0.6) is 11.5 Å². The van der Waals surface area contributed by atoms with Crippen molar-refractivity contribution in [2.24, 2.45) is 7.05 Å². The summed E-state index contributed by atoms with van der Waals surface area (Å²) in [6.07, 6.45) is 4.19. The molecule has 0 saturated heterocycles. The highest BCUT2D eigenvalue weighted by atomic mass is 16.5. The molecule has 3 rings (SSSR count). The Balaban J connectivity index is 1.75. The molecule has 0 amide bonds. The smallest absolute Gasteiger partial charge is 0.170 e. The summed E-state index contributed by atoms with van der Waals surface area (Å²) in [6.45, 7) is 1.16. The summed E-state index contributed by atoms with van der Waals surface area (Å²) in [5, 5.41) is 11.4. The fraction of sp³-hybridized carbons (Fsp3) is 0.467. The van der Waals surface area contributed by atoms with E-state index < -0.39 is 0 Å². The van der Waals surface area contributed by atoms with Crippen LogP contribution in [0, 0.1) is 0 Å². The second-order valence-electron chi connectivity index (χ2n) is 5.25. The molecule has 21 heavy (non-hydrogen) atoms. The molecule has 0 atom stereocenters. The lowest BCUT2D eigenvalue weighted by Gasteiger charge is -2.15. The maximum absolute atomic E-state index is 5.95. The molecule has 1 aromatic carbocycles. The number of rotatable bonds is 7. The molecule has 1 aromatic heterocycles. The number of methoxy groups -OCH3 is 1. The predicted octanol–water partition coefficient (Wildman–Crippen LogP) is 1.65. The van der Waals surface area contributed by atoms with Crippen molar-refractivity contribution < 1.29 is 9.47 Å². The van der Waals surface area contributed by atoms with Gasteiger partial charge in [-0.15, -0.1) is 10.2 Å². The van der Waals surface area contributed by atoms with Crippen LogP contribution in [0.3, 0.4) is 0 Å². The van der Waals surface area contributed by atoms with Gasteiger partial charge in [-0.3, -0.25) is 0 Å². The first-order valence-corrected chi connectivity index (χ1v) is 7.13. The number of aryl methyl sites for hydroxylation is 1. The summed E-state index contributed by atoms with van der Waals surface area (Å²) in [6, 6.07) is 6.61. The molecular formula is C15H20N4O2. The van der Waals surface area contributed by atoms with Crippen molar-refractivity contribution in [2.75, 3.05) is 7.11 Å². The zero-order chi connectivity index (χ0) is 14.7. The van der Waals surface area contributed by atoms with E-state index in [1.807, 2.05) is 23.7 Å². The van der Waals surface area contributed by atoms with E-state index in [9.17, 15) is 0 Å². The van der Waals surface area contributed by atoms with Gasteiger partial charge in [-0.2, -0.15) is 0 Å². The fourth-order valence-electron chi connectivity index (χ4n) is 2.14. The molecule has 6 heteroatoms. The second-order valence-corrected chi connectivity index (χ2v) is 5.25. The number of nitrogens with zero attached hydrogens (tertiary/aromatic N) is 3. The van der Waals surface area contributed by atoms with E-state index in [4.69, 9.17) is 9.47 Å². The molecule has 0 spiro atoms. The lowest BCUT2D eigenvalue weighted by molar-refractivity contribution is 0.269. The van der Waals surface area contributed by atoms with Crippen LogP contribution in [0.4, 0.5) is 0 Å². The Bertz CT molecular complexity index is 607. The van der Waals surface area contributed by atoms with E-state index in [0.717, 1.165) is 29.4 Å². The molecule has 1 heterocycles. The number of hydrogen-bond acceptors (Lipinski definition) is 5. The van der Waals surface area contributed by atoms with Gasteiger partial charge in [0.15, 0.2) is 17.3 Å². The third-order valence-electron chi connectivity index (χ3n) is 3.59. The molecule has 0 radical (unpaired) electrons. The van der Waals surface area contributed by atoms with Crippen LogP contribution in [0.2, 0.25) is 0 Å². The molecule has 112 valence electrons. The summed E-state index contributed by atoms with van der Waals surface area (Å²) < 4.78 is 13.2. The van der Waals surface area contributed by atoms with Crippen molar-refractivity contribution >= 4 is 0 Å². The Labute approximate surface area is 124 Å². The van der Waals surface area contributed by atoms with Crippen molar-refractivity contribution in [1.82, 2.24) is 20.1 Å². The van der Waals surface area contributed by atoms with Gasteiger partial charge in [0, 0.05) is 25.2 Å². The first-order chi connectivity index (χ1) is 10.3. The molecule has 6 nitrogen and oxygen atoms in total. The fourth-order valence-corrected chi connectivity index (χ4v) is 2.14. The molecule has 1 aliphatic carbocycles. The molecule has 1 saturated carbocycles. The van der Waals surface area contributed by atoms with Gasteiger partial charge in [-0.1, -0.05) is 12.1 Å². The van der Waals surface area contributed by atoms with Crippen molar-refractivity contribution in [3.05, 3.63) is 35.9 Å². The Morgan fingerprint density at radius 1 is 1.38 bits per heavy atom. The topological polar surface area (TPSA) is 61.2 Å². The van der Waals surface area contributed by atoms with E-state index >= 15 is 0 Å². The quantitative estimate of drug-likeness (QED) is 0.839. The van der Waals surface area contributed by atoms with Gasteiger partial charge in [-0.05, 0) is 18.9 Å². The molecular weight excluding hydrogens is 268 g/mol. The van der Waals surface area contributed by atoms with Crippen LogP contribution in [0.1, 0.15) is 24.2 Å². The van der Waals surface area contributed by atoms with Crippen LogP contribution in [0.15, 0.2) is 24.5 Å². The second kappa shape index (κ2) is 6.13. The Morgan fingerprint density at radius 2 is 2.24 bits per heavy atom. The molecule has 0 unspecified atom stereocenters. The monoisotopic (exact) mass is 288 g/mol. The molecule has 0 aliphatic heterocycles. The number of ether oxygens (including phenoxy) is 2. The number of aromatic nitrogens is 3. The zero-order valence-electron chi connectivity index (χ0n) is 12.4. The zero-order valence-corrected chi connectivity index (χ0v) is 12.4. The standard InChI is InChI=1S/C15H20N4O2/c1-19-10-17-18-14(19)9-21-15-11(8-16-12-6-7-12)4-3-5-13(15)20-2/h3-5,10,12,16H,6-9H2,1-2H3. The Kier molecular flexibility index (Phi) is 4.06. The number of nitrogens with one attached hydrogen (secondary N) is 1. The minimum absolute atomic E-state index is 0.368. The van der Waals surface area contributed by atoms with Gasteiger partial charge < -0.3 is 19.4 Å². The van der Waals surface area contributed by atoms with Crippen molar-refractivity contribution in [2.45, 2.75) is 32.0 Å². The van der Waals surface area contributed by atoms with E-state index in [1.165, 1.54) is 12.8 Å². The van der Waals surface area contributed by atoms with E-state index in [0.29, 0.717) is 12.6 Å². The first-order valence-electron chi connectivity index (χ1n) is 7.13. The van der Waals surface area contributed by atoms with Crippen molar-refractivity contribution in [3.63, 3.8) is 0 Å². The highest BCUT2D eigenvalue weighted by Gasteiger charge is 2.21. The van der Waals surface area contributed by atoms with Crippen LogP contribution in [-0.2, 0) is 20.2 Å². The normalized spacial score (nSPS) is 14.2. The number of hydrogen-bond donors (Lipinski definition) is 1. The number of benzene rings is 1.